The summed E-state index contributed by atoms with van der Waals surface area (Å²) in [6.07, 6.45) is 0. The Morgan fingerprint density at radius 1 is 1.14 bits per heavy atom. The minimum atomic E-state index is 0.0670. The zero-order chi connectivity index (χ0) is 10.1. The van der Waals surface area contributed by atoms with Crippen LogP contribution in [0, 0.1) is 0 Å². The minimum Gasteiger partial charge on any atom is -0.324 e. The van der Waals surface area contributed by atoms with Gasteiger partial charge in [0.2, 0.25) is 0 Å². The average Bonchev–Trinajstić information content (AvgIpc) is 2.17. The molecule has 2 heteroatoms. The summed E-state index contributed by atoms with van der Waals surface area (Å²) in [5, 5.41) is 2.46. The van der Waals surface area contributed by atoms with Crippen molar-refractivity contribution in [1.82, 2.24) is 0 Å². The molecule has 0 aliphatic rings. The highest BCUT2D eigenvalue weighted by molar-refractivity contribution is 9.10. The molecule has 0 saturated carbocycles. The van der Waals surface area contributed by atoms with Gasteiger partial charge in [0.25, 0.3) is 0 Å². The van der Waals surface area contributed by atoms with Crippen LogP contribution in [0.15, 0.2) is 40.9 Å². The maximum absolute atomic E-state index is 5.93. The molecule has 0 heterocycles. The number of halogens is 1. The number of rotatable bonds is 1. The lowest BCUT2D eigenvalue weighted by Crippen LogP contribution is -2.05. The third-order valence-corrected chi connectivity index (χ3v) is 3.04. The van der Waals surface area contributed by atoms with Crippen molar-refractivity contribution in [3.05, 3.63) is 46.4 Å². The van der Waals surface area contributed by atoms with E-state index in [9.17, 15) is 0 Å². The Labute approximate surface area is 92.1 Å². The fourth-order valence-electron chi connectivity index (χ4n) is 1.70. The molecule has 2 aromatic rings. The molecule has 2 rings (SSSR count). The lowest BCUT2D eigenvalue weighted by atomic mass is 10.0. The fraction of sp³-hybridized carbons (Fsp3) is 0.167. The highest BCUT2D eigenvalue weighted by atomic mass is 79.9. The van der Waals surface area contributed by atoms with Gasteiger partial charge in [0.15, 0.2) is 0 Å². The van der Waals surface area contributed by atoms with Crippen molar-refractivity contribution >= 4 is 26.7 Å². The van der Waals surface area contributed by atoms with Crippen LogP contribution < -0.4 is 5.73 Å². The fourth-order valence-corrected chi connectivity index (χ4v) is 2.31. The van der Waals surface area contributed by atoms with Gasteiger partial charge in [-0.05, 0) is 23.9 Å². The van der Waals surface area contributed by atoms with Crippen molar-refractivity contribution < 1.29 is 0 Å². The van der Waals surface area contributed by atoms with Crippen molar-refractivity contribution in [3.63, 3.8) is 0 Å². The molecule has 2 N–H and O–H groups in total. The van der Waals surface area contributed by atoms with E-state index in [4.69, 9.17) is 5.73 Å². The molecule has 1 nitrogen and oxygen atoms in total. The zero-order valence-electron chi connectivity index (χ0n) is 8.00. The summed E-state index contributed by atoms with van der Waals surface area (Å²) < 4.78 is 1.11. The van der Waals surface area contributed by atoms with Crippen molar-refractivity contribution in [3.8, 4) is 0 Å². The van der Waals surface area contributed by atoms with Gasteiger partial charge in [-0.1, -0.05) is 46.3 Å². The normalized spacial score (nSPS) is 13.1. The molecule has 0 saturated heterocycles. The van der Waals surface area contributed by atoms with Crippen LogP contribution in [0.5, 0.6) is 0 Å². The molecule has 72 valence electrons. The van der Waals surface area contributed by atoms with E-state index in [1.807, 2.05) is 25.1 Å². The number of nitrogens with two attached hydrogens (primary N) is 1. The Balaban J connectivity index is 2.84. The number of fused-ring (bicyclic) bond motifs is 1. The third kappa shape index (κ3) is 1.56. The molecule has 0 aromatic heterocycles. The topological polar surface area (TPSA) is 26.0 Å². The molecule has 0 fully saturated rings. The van der Waals surface area contributed by atoms with Gasteiger partial charge in [0, 0.05) is 15.9 Å². The quantitative estimate of drug-likeness (QED) is 0.821. The summed E-state index contributed by atoms with van der Waals surface area (Å²) in [4.78, 5) is 0. The summed E-state index contributed by atoms with van der Waals surface area (Å²) in [6, 6.07) is 12.5. The molecule has 0 aliphatic carbocycles. The summed E-state index contributed by atoms with van der Waals surface area (Å²) >= 11 is 3.56. The lowest BCUT2D eigenvalue weighted by Gasteiger charge is -2.11. The first-order chi connectivity index (χ1) is 6.70. The number of benzene rings is 2. The summed E-state index contributed by atoms with van der Waals surface area (Å²) in [5.41, 5.74) is 7.12. The Morgan fingerprint density at radius 3 is 2.43 bits per heavy atom. The van der Waals surface area contributed by atoms with Crippen LogP contribution in [0.1, 0.15) is 18.5 Å². The maximum atomic E-state index is 5.93. The van der Waals surface area contributed by atoms with Gasteiger partial charge in [-0.15, -0.1) is 0 Å². The Bertz CT molecular complexity index is 458. The second kappa shape index (κ2) is 3.71. The third-order valence-electron chi connectivity index (χ3n) is 2.38. The maximum Gasteiger partial charge on any atom is 0.0272 e. The molecular weight excluding hydrogens is 238 g/mol. The van der Waals surface area contributed by atoms with Gasteiger partial charge in [0.1, 0.15) is 0 Å². The van der Waals surface area contributed by atoms with E-state index in [2.05, 4.69) is 34.1 Å². The van der Waals surface area contributed by atoms with E-state index in [1.165, 1.54) is 16.3 Å². The molecule has 0 radical (unpaired) electrons. The predicted octanol–water partition coefficient (Wildman–Crippen LogP) is 3.62. The molecule has 14 heavy (non-hydrogen) atoms. The lowest BCUT2D eigenvalue weighted by molar-refractivity contribution is 0.826. The summed E-state index contributed by atoms with van der Waals surface area (Å²) in [5.74, 6) is 0. The molecule has 1 unspecified atom stereocenters. The van der Waals surface area contributed by atoms with E-state index >= 15 is 0 Å². The smallest absolute Gasteiger partial charge is 0.0272 e. The molecule has 0 amide bonds. The van der Waals surface area contributed by atoms with Crippen molar-refractivity contribution in [2.45, 2.75) is 13.0 Å². The first kappa shape index (κ1) is 9.69. The first-order valence-electron chi connectivity index (χ1n) is 4.63. The van der Waals surface area contributed by atoms with Crippen molar-refractivity contribution in [1.29, 1.82) is 0 Å². The van der Waals surface area contributed by atoms with E-state index in [-0.39, 0.29) is 6.04 Å². The SMILES string of the molecule is CC(N)c1cccc2cccc(Br)c12. The second-order valence-electron chi connectivity index (χ2n) is 3.47. The van der Waals surface area contributed by atoms with E-state index < -0.39 is 0 Å². The number of hydrogen-bond acceptors (Lipinski definition) is 1. The largest absolute Gasteiger partial charge is 0.324 e. The summed E-state index contributed by atoms with van der Waals surface area (Å²) in [6.45, 7) is 2.01. The highest BCUT2D eigenvalue weighted by Crippen LogP contribution is 2.29. The molecule has 0 bridgehead atoms. The average molecular weight is 250 g/mol. The second-order valence-corrected chi connectivity index (χ2v) is 4.33. The van der Waals surface area contributed by atoms with Crippen LogP contribution in [0.3, 0.4) is 0 Å². The van der Waals surface area contributed by atoms with Gasteiger partial charge in [0.05, 0.1) is 0 Å². The summed E-state index contributed by atoms with van der Waals surface area (Å²) in [7, 11) is 0. The molecule has 2 aromatic carbocycles. The molecule has 1 atom stereocenters. The standard InChI is InChI=1S/C12H12BrN/c1-8(14)10-6-2-4-9-5-3-7-11(13)12(9)10/h2-8H,14H2,1H3. The predicted molar refractivity (Wildman–Crippen MR) is 64.3 cm³/mol. The van der Waals surface area contributed by atoms with Crippen LogP contribution in [0.2, 0.25) is 0 Å². The van der Waals surface area contributed by atoms with Gasteiger partial charge < -0.3 is 5.73 Å². The van der Waals surface area contributed by atoms with Gasteiger partial charge in [-0.2, -0.15) is 0 Å². The van der Waals surface area contributed by atoms with Gasteiger partial charge >= 0.3 is 0 Å². The Hall–Kier alpha value is -0.860. The molecular formula is C12H12BrN. The van der Waals surface area contributed by atoms with Crippen LogP contribution in [0.25, 0.3) is 10.8 Å². The molecule has 0 aliphatic heterocycles. The van der Waals surface area contributed by atoms with Crippen LogP contribution in [-0.4, -0.2) is 0 Å². The van der Waals surface area contributed by atoms with Crippen LogP contribution in [0.4, 0.5) is 0 Å². The van der Waals surface area contributed by atoms with Crippen molar-refractivity contribution in [2.24, 2.45) is 5.73 Å². The highest BCUT2D eigenvalue weighted by Gasteiger charge is 2.06. The van der Waals surface area contributed by atoms with E-state index in [0.29, 0.717) is 0 Å². The van der Waals surface area contributed by atoms with E-state index in [0.717, 1.165) is 4.47 Å². The monoisotopic (exact) mass is 249 g/mol. The Morgan fingerprint density at radius 2 is 1.79 bits per heavy atom. The Kier molecular flexibility index (Phi) is 2.57. The number of hydrogen-bond donors (Lipinski definition) is 1. The van der Waals surface area contributed by atoms with Gasteiger partial charge in [-0.25, -0.2) is 0 Å². The van der Waals surface area contributed by atoms with E-state index in [1.54, 1.807) is 0 Å². The van der Waals surface area contributed by atoms with Crippen LogP contribution in [-0.2, 0) is 0 Å². The van der Waals surface area contributed by atoms with Gasteiger partial charge in [-0.3, -0.25) is 0 Å². The van der Waals surface area contributed by atoms with Crippen LogP contribution >= 0.6 is 15.9 Å². The zero-order valence-corrected chi connectivity index (χ0v) is 9.58. The first-order valence-corrected chi connectivity index (χ1v) is 5.42. The molecule has 0 spiro atoms. The minimum absolute atomic E-state index is 0.0670. The van der Waals surface area contributed by atoms with Crippen molar-refractivity contribution in [2.75, 3.05) is 0 Å².